The first-order valence-electron chi connectivity index (χ1n) is 10.4. The SMILES string of the molecule is COC(=O)C1=C(C)N(C)C(=S)NC1c1ccc(NS(=O)(=O)c2ccc(C(C)(C)C)cc2)cc1. The number of ether oxygens (including phenoxy) is 1. The maximum absolute atomic E-state index is 12.8. The predicted molar refractivity (Wildman–Crippen MR) is 133 cm³/mol. The third kappa shape index (κ3) is 5.20. The Kier molecular flexibility index (Phi) is 6.85. The number of carbonyl (C=O) groups is 1. The van der Waals surface area contributed by atoms with Crippen molar-refractivity contribution in [3.8, 4) is 0 Å². The molecular formula is C24H29N3O4S2. The van der Waals surface area contributed by atoms with Gasteiger partial charge in [-0.05, 0) is 59.9 Å². The normalized spacial score (nSPS) is 17.0. The van der Waals surface area contributed by atoms with Gasteiger partial charge in [-0.15, -0.1) is 0 Å². The van der Waals surface area contributed by atoms with Crippen LogP contribution in [0.25, 0.3) is 0 Å². The molecule has 0 radical (unpaired) electrons. The number of sulfonamides is 1. The van der Waals surface area contributed by atoms with E-state index in [4.69, 9.17) is 17.0 Å². The van der Waals surface area contributed by atoms with Gasteiger partial charge in [0.15, 0.2) is 5.11 Å². The molecule has 0 saturated carbocycles. The molecule has 1 unspecified atom stereocenters. The second-order valence-electron chi connectivity index (χ2n) is 8.93. The highest BCUT2D eigenvalue weighted by Crippen LogP contribution is 2.31. The zero-order valence-corrected chi connectivity index (χ0v) is 21.2. The number of hydrogen-bond donors (Lipinski definition) is 2. The summed E-state index contributed by atoms with van der Waals surface area (Å²) in [7, 11) is -0.637. The number of thiocarbonyl (C=S) groups is 1. The number of benzene rings is 2. The summed E-state index contributed by atoms with van der Waals surface area (Å²) in [5, 5.41) is 3.63. The van der Waals surface area contributed by atoms with Crippen LogP contribution in [0.15, 0.2) is 64.7 Å². The second kappa shape index (κ2) is 9.15. The predicted octanol–water partition coefficient (Wildman–Crippen LogP) is 4.09. The minimum absolute atomic E-state index is 0.0638. The smallest absolute Gasteiger partial charge is 0.337 e. The van der Waals surface area contributed by atoms with Crippen LogP contribution >= 0.6 is 12.2 Å². The summed E-state index contributed by atoms with van der Waals surface area (Å²) in [6, 6.07) is 13.2. The van der Waals surface area contributed by atoms with Crippen LogP contribution in [0.4, 0.5) is 5.69 Å². The number of rotatable bonds is 5. The van der Waals surface area contributed by atoms with Crippen molar-refractivity contribution in [2.75, 3.05) is 18.9 Å². The van der Waals surface area contributed by atoms with Crippen molar-refractivity contribution in [1.29, 1.82) is 0 Å². The third-order valence-electron chi connectivity index (χ3n) is 5.69. The lowest BCUT2D eigenvalue weighted by atomic mass is 9.87. The van der Waals surface area contributed by atoms with Gasteiger partial charge in [0.05, 0.1) is 23.6 Å². The van der Waals surface area contributed by atoms with Crippen molar-refractivity contribution in [1.82, 2.24) is 10.2 Å². The Morgan fingerprint density at radius 1 is 1.09 bits per heavy atom. The maximum Gasteiger partial charge on any atom is 0.337 e. The molecule has 0 spiro atoms. The fourth-order valence-corrected chi connectivity index (χ4v) is 4.87. The summed E-state index contributed by atoms with van der Waals surface area (Å²) in [5.74, 6) is -0.456. The number of carbonyl (C=O) groups excluding carboxylic acids is 1. The molecule has 7 nitrogen and oxygen atoms in total. The van der Waals surface area contributed by atoms with E-state index in [9.17, 15) is 13.2 Å². The summed E-state index contributed by atoms with van der Waals surface area (Å²) in [6.45, 7) is 8.03. The van der Waals surface area contributed by atoms with E-state index in [-0.39, 0.29) is 10.3 Å². The van der Waals surface area contributed by atoms with Crippen molar-refractivity contribution in [2.45, 2.75) is 44.0 Å². The number of anilines is 1. The highest BCUT2D eigenvalue weighted by molar-refractivity contribution is 7.92. The number of hydrogen-bond acceptors (Lipinski definition) is 5. The van der Waals surface area contributed by atoms with Gasteiger partial charge in [0.25, 0.3) is 10.0 Å². The Balaban J connectivity index is 1.85. The lowest BCUT2D eigenvalue weighted by Crippen LogP contribution is -2.46. The molecule has 9 heteroatoms. The molecule has 0 fully saturated rings. The van der Waals surface area contributed by atoms with Gasteiger partial charge in [-0.25, -0.2) is 13.2 Å². The summed E-state index contributed by atoms with van der Waals surface area (Å²) in [5.41, 5.74) is 3.29. The molecule has 0 bridgehead atoms. The molecule has 0 saturated heterocycles. The molecule has 0 aromatic heterocycles. The molecule has 2 N–H and O–H groups in total. The van der Waals surface area contributed by atoms with Gasteiger partial charge in [0.1, 0.15) is 0 Å². The summed E-state index contributed by atoms with van der Waals surface area (Å²) in [4.78, 5) is 14.3. The van der Waals surface area contributed by atoms with Crippen LogP contribution in [0.1, 0.15) is 44.9 Å². The number of nitrogens with one attached hydrogen (secondary N) is 2. The molecule has 1 heterocycles. The van der Waals surface area contributed by atoms with Crippen molar-refractivity contribution in [3.05, 3.63) is 70.9 Å². The van der Waals surface area contributed by atoms with E-state index in [0.29, 0.717) is 22.1 Å². The van der Waals surface area contributed by atoms with Gasteiger partial charge in [-0.3, -0.25) is 4.72 Å². The molecule has 33 heavy (non-hydrogen) atoms. The summed E-state index contributed by atoms with van der Waals surface area (Å²) in [6.07, 6.45) is 0. The van der Waals surface area contributed by atoms with Crippen LogP contribution in [0.5, 0.6) is 0 Å². The number of allylic oxidation sites excluding steroid dienone is 1. The van der Waals surface area contributed by atoms with Gasteiger partial charge < -0.3 is 15.0 Å². The summed E-state index contributed by atoms with van der Waals surface area (Å²) < 4.78 is 33.2. The van der Waals surface area contributed by atoms with Gasteiger partial charge in [0.2, 0.25) is 0 Å². The van der Waals surface area contributed by atoms with E-state index in [0.717, 1.165) is 11.1 Å². The van der Waals surface area contributed by atoms with Crippen molar-refractivity contribution >= 4 is 39.0 Å². The monoisotopic (exact) mass is 487 g/mol. The van der Waals surface area contributed by atoms with E-state index in [1.165, 1.54) is 7.11 Å². The van der Waals surface area contributed by atoms with Crippen LogP contribution in [0.3, 0.4) is 0 Å². The summed E-state index contributed by atoms with van der Waals surface area (Å²) >= 11 is 5.38. The third-order valence-corrected chi connectivity index (χ3v) is 7.48. The molecule has 0 aliphatic carbocycles. The van der Waals surface area contributed by atoms with E-state index in [2.05, 4.69) is 30.8 Å². The molecule has 176 valence electrons. The maximum atomic E-state index is 12.8. The van der Waals surface area contributed by atoms with E-state index in [1.807, 2.05) is 12.1 Å². The molecule has 0 amide bonds. The zero-order valence-electron chi connectivity index (χ0n) is 19.6. The highest BCUT2D eigenvalue weighted by Gasteiger charge is 2.33. The fourth-order valence-electron chi connectivity index (χ4n) is 3.55. The standard InChI is InChI=1S/C24H29N3O4S2/c1-15-20(22(28)31-6)21(25-23(32)27(15)5)16-7-11-18(12-8-16)26-33(29,30)19-13-9-17(10-14-19)24(2,3)4/h7-14,21,26H,1-6H3,(H,25,32). The molecule has 2 aromatic carbocycles. The number of methoxy groups -OCH3 is 1. The fraction of sp³-hybridized carbons (Fsp3) is 0.333. The molecule has 3 rings (SSSR count). The average molecular weight is 488 g/mol. The largest absolute Gasteiger partial charge is 0.466 e. The lowest BCUT2D eigenvalue weighted by molar-refractivity contribution is -0.136. The minimum atomic E-state index is -3.74. The Hall–Kier alpha value is -2.91. The van der Waals surface area contributed by atoms with Crippen LogP contribution < -0.4 is 10.0 Å². The zero-order chi connectivity index (χ0) is 24.6. The van der Waals surface area contributed by atoms with E-state index in [1.54, 1.807) is 55.3 Å². The Morgan fingerprint density at radius 3 is 2.18 bits per heavy atom. The lowest BCUT2D eigenvalue weighted by Gasteiger charge is -2.35. The topological polar surface area (TPSA) is 87.7 Å². The van der Waals surface area contributed by atoms with Crippen molar-refractivity contribution < 1.29 is 17.9 Å². The molecule has 1 atom stereocenters. The molecule has 1 aliphatic rings. The molecule has 1 aliphatic heterocycles. The van der Waals surface area contributed by atoms with Gasteiger partial charge in [-0.1, -0.05) is 45.0 Å². The first-order valence-corrected chi connectivity index (χ1v) is 12.3. The van der Waals surface area contributed by atoms with Gasteiger partial charge >= 0.3 is 5.97 Å². The van der Waals surface area contributed by atoms with Gasteiger partial charge in [0, 0.05) is 18.4 Å². The average Bonchev–Trinajstić information content (AvgIpc) is 2.76. The van der Waals surface area contributed by atoms with Crippen LogP contribution in [-0.2, 0) is 25.0 Å². The Morgan fingerprint density at radius 2 is 1.67 bits per heavy atom. The van der Waals surface area contributed by atoms with E-state index >= 15 is 0 Å². The van der Waals surface area contributed by atoms with Crippen LogP contribution in [0, 0.1) is 0 Å². The highest BCUT2D eigenvalue weighted by atomic mass is 32.2. The molecule has 2 aromatic rings. The van der Waals surface area contributed by atoms with Gasteiger partial charge in [-0.2, -0.15) is 0 Å². The number of nitrogens with zero attached hydrogens (tertiary/aromatic N) is 1. The number of esters is 1. The second-order valence-corrected chi connectivity index (χ2v) is 11.0. The van der Waals surface area contributed by atoms with Crippen molar-refractivity contribution in [3.63, 3.8) is 0 Å². The van der Waals surface area contributed by atoms with Crippen LogP contribution in [-0.4, -0.2) is 38.6 Å². The Bertz CT molecular complexity index is 1200. The van der Waals surface area contributed by atoms with Crippen molar-refractivity contribution in [2.24, 2.45) is 0 Å². The van der Waals surface area contributed by atoms with E-state index < -0.39 is 22.0 Å². The molecular weight excluding hydrogens is 458 g/mol. The van der Waals surface area contributed by atoms with Crippen LogP contribution in [0.2, 0.25) is 0 Å². The Labute approximate surface area is 200 Å². The minimum Gasteiger partial charge on any atom is -0.466 e. The first-order chi connectivity index (χ1) is 15.3. The quantitative estimate of drug-likeness (QED) is 0.485. The first kappa shape index (κ1) is 24.7.